The minimum absolute atomic E-state index is 0.0781. The summed E-state index contributed by atoms with van der Waals surface area (Å²) in [4.78, 5) is 18.7. The van der Waals surface area contributed by atoms with E-state index in [-0.39, 0.29) is 17.7 Å². The Morgan fingerprint density at radius 1 is 1.12 bits per heavy atom. The normalized spacial score (nSPS) is 16.0. The third-order valence-corrected chi connectivity index (χ3v) is 8.13. The fourth-order valence-corrected chi connectivity index (χ4v) is 5.68. The van der Waals surface area contributed by atoms with E-state index >= 15 is 0 Å². The van der Waals surface area contributed by atoms with Gasteiger partial charge < -0.3 is 19.2 Å². The van der Waals surface area contributed by atoms with Crippen molar-refractivity contribution in [3.05, 3.63) is 74.8 Å². The number of benzene rings is 2. The topological polar surface area (TPSA) is 107 Å². The van der Waals surface area contributed by atoms with Crippen molar-refractivity contribution in [3.8, 4) is 11.5 Å². The summed E-state index contributed by atoms with van der Waals surface area (Å²) in [6.45, 7) is 8.83. The third-order valence-electron chi connectivity index (χ3n) is 8.13. The number of fused-ring (bicyclic) bond motifs is 1. The second-order valence-electron chi connectivity index (χ2n) is 10.8. The van der Waals surface area contributed by atoms with Crippen LogP contribution in [0.15, 0.2) is 41.2 Å². The van der Waals surface area contributed by atoms with Crippen molar-refractivity contribution in [2.24, 2.45) is 0 Å². The van der Waals surface area contributed by atoms with Crippen molar-refractivity contribution in [1.29, 1.82) is 0 Å². The Balaban J connectivity index is 1.48. The molecule has 3 heterocycles. The number of tetrazole rings is 1. The smallest absolute Gasteiger partial charge is 0.252 e. The van der Waals surface area contributed by atoms with Crippen molar-refractivity contribution in [2.45, 2.75) is 71.7 Å². The molecule has 0 radical (unpaired) electrons. The van der Waals surface area contributed by atoms with Gasteiger partial charge in [0.15, 0.2) is 17.3 Å². The van der Waals surface area contributed by atoms with Crippen LogP contribution in [0.25, 0.3) is 10.9 Å². The van der Waals surface area contributed by atoms with E-state index in [1.165, 1.54) is 5.56 Å². The van der Waals surface area contributed by atoms with Crippen molar-refractivity contribution in [2.75, 3.05) is 27.4 Å². The number of aryl methyl sites for hydroxylation is 2. The average molecular weight is 561 g/mol. The lowest BCUT2D eigenvalue weighted by Crippen LogP contribution is -2.34. The van der Waals surface area contributed by atoms with Crippen LogP contribution in [0.5, 0.6) is 11.5 Å². The molecule has 218 valence electrons. The zero-order valence-electron chi connectivity index (χ0n) is 24.6. The molecule has 1 aliphatic heterocycles. The summed E-state index contributed by atoms with van der Waals surface area (Å²) < 4.78 is 18.7. The highest BCUT2D eigenvalue weighted by atomic mass is 16.5. The lowest BCUT2D eigenvalue weighted by molar-refractivity contribution is 0.0893. The molecule has 2 aromatic carbocycles. The molecule has 0 bridgehead atoms. The van der Waals surface area contributed by atoms with E-state index in [4.69, 9.17) is 14.2 Å². The Labute approximate surface area is 240 Å². The molecule has 4 aromatic rings. The van der Waals surface area contributed by atoms with Crippen molar-refractivity contribution in [1.82, 2.24) is 30.1 Å². The fourth-order valence-electron chi connectivity index (χ4n) is 5.68. The number of H-pyrrole nitrogens is 1. The number of pyridine rings is 1. The Morgan fingerprint density at radius 2 is 1.93 bits per heavy atom. The molecule has 2 aromatic heterocycles. The molecule has 2 atom stereocenters. The number of rotatable bonds is 12. The highest BCUT2D eigenvalue weighted by molar-refractivity contribution is 5.80. The van der Waals surface area contributed by atoms with Crippen molar-refractivity contribution < 1.29 is 14.2 Å². The molecular weight excluding hydrogens is 520 g/mol. The van der Waals surface area contributed by atoms with Gasteiger partial charge in [-0.2, -0.15) is 0 Å². The number of ether oxygens (including phenoxy) is 3. The zero-order chi connectivity index (χ0) is 28.9. The van der Waals surface area contributed by atoms with Gasteiger partial charge in [0.1, 0.15) is 0 Å². The van der Waals surface area contributed by atoms with Gasteiger partial charge in [0.05, 0.1) is 32.9 Å². The summed E-state index contributed by atoms with van der Waals surface area (Å²) in [5.74, 6) is 2.18. The van der Waals surface area contributed by atoms with E-state index < -0.39 is 0 Å². The first-order chi connectivity index (χ1) is 19.9. The van der Waals surface area contributed by atoms with Crippen LogP contribution in [0, 0.1) is 13.8 Å². The fraction of sp³-hybridized carbons (Fsp3) is 0.484. The molecule has 1 saturated heterocycles. The van der Waals surface area contributed by atoms with Gasteiger partial charge >= 0.3 is 0 Å². The Morgan fingerprint density at radius 3 is 2.66 bits per heavy atom. The number of hydrogen-bond donors (Lipinski definition) is 1. The highest BCUT2D eigenvalue weighted by Crippen LogP contribution is 2.30. The number of nitrogens with zero attached hydrogens (tertiary/aromatic N) is 5. The third kappa shape index (κ3) is 6.44. The van der Waals surface area contributed by atoms with Gasteiger partial charge in [0.2, 0.25) is 0 Å². The van der Waals surface area contributed by atoms with Crippen LogP contribution >= 0.6 is 0 Å². The molecule has 0 aliphatic carbocycles. The van der Waals surface area contributed by atoms with Crippen molar-refractivity contribution in [3.63, 3.8) is 0 Å². The van der Waals surface area contributed by atoms with Crippen LogP contribution in [0.4, 0.5) is 0 Å². The molecule has 1 fully saturated rings. The second kappa shape index (κ2) is 12.8. The Hall–Kier alpha value is -3.76. The Kier molecular flexibility index (Phi) is 8.99. The van der Waals surface area contributed by atoms with E-state index in [9.17, 15) is 4.79 Å². The summed E-state index contributed by atoms with van der Waals surface area (Å²) in [5, 5.41) is 13.9. The van der Waals surface area contributed by atoms with Gasteiger partial charge in [0.25, 0.3) is 5.56 Å². The van der Waals surface area contributed by atoms with Crippen LogP contribution in [-0.4, -0.2) is 63.6 Å². The number of methoxy groups -OCH3 is 2. The van der Waals surface area contributed by atoms with Crippen LogP contribution in [-0.2, 0) is 24.2 Å². The number of hydrogen-bond acceptors (Lipinski definition) is 8. The van der Waals surface area contributed by atoms with Gasteiger partial charge in [-0.05, 0) is 102 Å². The van der Waals surface area contributed by atoms with E-state index in [1.807, 2.05) is 28.9 Å². The van der Waals surface area contributed by atoms with Gasteiger partial charge in [0, 0.05) is 30.8 Å². The summed E-state index contributed by atoms with van der Waals surface area (Å²) in [7, 11) is 3.28. The second-order valence-corrected chi connectivity index (χ2v) is 10.8. The largest absolute Gasteiger partial charge is 0.493 e. The molecule has 0 saturated carbocycles. The first-order valence-electron chi connectivity index (χ1n) is 14.4. The van der Waals surface area contributed by atoms with Crippen LogP contribution in [0.3, 0.4) is 0 Å². The van der Waals surface area contributed by atoms with E-state index in [0.29, 0.717) is 36.7 Å². The molecule has 41 heavy (non-hydrogen) atoms. The zero-order valence-corrected chi connectivity index (χ0v) is 24.6. The lowest BCUT2D eigenvalue weighted by atomic mass is 10.0. The highest BCUT2D eigenvalue weighted by Gasteiger charge is 2.28. The molecule has 2 unspecified atom stereocenters. The Bertz CT molecular complexity index is 1540. The first kappa shape index (κ1) is 28.8. The molecular formula is C31H40N6O4. The minimum atomic E-state index is -0.0959. The molecule has 0 amide bonds. The minimum Gasteiger partial charge on any atom is -0.493 e. The van der Waals surface area contributed by atoms with Crippen LogP contribution in [0.2, 0.25) is 0 Å². The predicted molar refractivity (Wildman–Crippen MR) is 158 cm³/mol. The summed E-state index contributed by atoms with van der Waals surface area (Å²) in [6, 6.07) is 12.1. The van der Waals surface area contributed by atoms with E-state index in [0.717, 1.165) is 60.1 Å². The molecule has 10 heteroatoms. The van der Waals surface area contributed by atoms with E-state index in [1.54, 1.807) is 14.2 Å². The summed E-state index contributed by atoms with van der Waals surface area (Å²) >= 11 is 0. The number of nitrogens with one attached hydrogen (secondary N) is 1. The molecule has 5 rings (SSSR count). The quantitative estimate of drug-likeness (QED) is 0.270. The van der Waals surface area contributed by atoms with Gasteiger partial charge in [-0.15, -0.1) is 5.10 Å². The maximum Gasteiger partial charge on any atom is 0.252 e. The van der Waals surface area contributed by atoms with Crippen molar-refractivity contribution >= 4 is 10.9 Å². The predicted octanol–water partition coefficient (Wildman–Crippen LogP) is 4.52. The monoisotopic (exact) mass is 560 g/mol. The van der Waals surface area contributed by atoms with Gasteiger partial charge in [-0.1, -0.05) is 13.0 Å². The lowest BCUT2D eigenvalue weighted by Gasteiger charge is -2.30. The molecule has 1 N–H and O–H groups in total. The number of aromatic amines is 1. The molecule has 10 nitrogen and oxygen atoms in total. The average Bonchev–Trinajstić information content (AvgIpc) is 3.66. The summed E-state index contributed by atoms with van der Waals surface area (Å²) in [6.07, 6.45) is 3.70. The molecule has 0 spiro atoms. The van der Waals surface area contributed by atoms with E-state index in [2.05, 4.69) is 58.3 Å². The standard InChI is InChI=1S/C31H40N6O4/c1-6-27(30-33-34-35-37(30)19-25-8-7-13-41-25)36(12-11-22-9-10-28(39-4)29(16-22)40-5)18-24-17-23-14-20(2)21(3)15-26(23)32-31(24)38/h9-10,14-17,25,27H,6-8,11-13,18-19H2,1-5H3,(H,32,38). The first-order valence-corrected chi connectivity index (χ1v) is 14.4. The number of aromatic nitrogens is 5. The molecule has 1 aliphatic rings. The van der Waals surface area contributed by atoms with Gasteiger partial charge in [-0.25, -0.2) is 4.68 Å². The maximum absolute atomic E-state index is 13.3. The maximum atomic E-state index is 13.3. The van der Waals surface area contributed by atoms with Gasteiger partial charge in [-0.3, -0.25) is 9.69 Å². The van der Waals surface area contributed by atoms with Crippen LogP contribution < -0.4 is 15.0 Å². The summed E-state index contributed by atoms with van der Waals surface area (Å²) in [5.41, 5.74) is 4.95. The van der Waals surface area contributed by atoms with Crippen LogP contribution in [0.1, 0.15) is 60.3 Å². The SMILES string of the molecule is CCC(c1nnnn1CC1CCCO1)N(CCc1ccc(OC)c(OC)c1)Cc1cc2cc(C)c(C)cc2[nH]c1=O.